The van der Waals surface area contributed by atoms with Gasteiger partial charge < -0.3 is 0 Å². The standard InChI is InChI=1S/C7H9N3O3S/c1-10-7(3-6(4-8)9-10)5-14(11,12)13-2/h3H,5H2,1-2H3. The second-order valence-electron chi connectivity index (χ2n) is 2.63. The lowest BCUT2D eigenvalue weighted by molar-refractivity contribution is 0.396. The highest BCUT2D eigenvalue weighted by Crippen LogP contribution is 2.07. The minimum Gasteiger partial charge on any atom is -0.273 e. The van der Waals surface area contributed by atoms with Crippen LogP contribution in [0.1, 0.15) is 11.4 Å². The van der Waals surface area contributed by atoms with Crippen molar-refractivity contribution in [1.29, 1.82) is 5.26 Å². The summed E-state index contributed by atoms with van der Waals surface area (Å²) in [5.41, 5.74) is 0.609. The monoisotopic (exact) mass is 215 g/mol. The van der Waals surface area contributed by atoms with Gasteiger partial charge in [-0.2, -0.15) is 18.8 Å². The maximum atomic E-state index is 11.1. The second kappa shape index (κ2) is 3.77. The van der Waals surface area contributed by atoms with Crippen LogP contribution in [-0.2, 0) is 27.1 Å². The maximum absolute atomic E-state index is 11.1. The number of hydrogen-bond acceptors (Lipinski definition) is 5. The Morgan fingerprint density at radius 1 is 1.71 bits per heavy atom. The highest BCUT2D eigenvalue weighted by atomic mass is 32.2. The average molecular weight is 215 g/mol. The van der Waals surface area contributed by atoms with E-state index < -0.39 is 10.1 Å². The molecule has 0 unspecified atom stereocenters. The number of rotatable bonds is 3. The molecule has 0 spiro atoms. The molecule has 1 heterocycles. The van der Waals surface area contributed by atoms with E-state index in [0.29, 0.717) is 5.69 Å². The smallest absolute Gasteiger partial charge is 0.272 e. The van der Waals surface area contributed by atoms with E-state index >= 15 is 0 Å². The normalized spacial score (nSPS) is 11.2. The van der Waals surface area contributed by atoms with Crippen LogP contribution >= 0.6 is 0 Å². The Labute approximate surface area is 81.8 Å². The molecule has 0 aliphatic heterocycles. The van der Waals surface area contributed by atoms with Gasteiger partial charge in [-0.15, -0.1) is 0 Å². The fraction of sp³-hybridized carbons (Fsp3) is 0.429. The molecule has 76 valence electrons. The molecular formula is C7H9N3O3S. The molecule has 1 aromatic heterocycles. The highest BCUT2D eigenvalue weighted by molar-refractivity contribution is 7.85. The predicted molar refractivity (Wildman–Crippen MR) is 47.6 cm³/mol. The number of nitrogens with zero attached hydrogens (tertiary/aromatic N) is 3. The number of hydrogen-bond donors (Lipinski definition) is 0. The molecule has 0 N–H and O–H groups in total. The molecule has 0 bridgehead atoms. The van der Waals surface area contributed by atoms with Crippen molar-refractivity contribution in [3.05, 3.63) is 17.5 Å². The summed E-state index contributed by atoms with van der Waals surface area (Å²) in [5.74, 6) is -0.283. The van der Waals surface area contributed by atoms with Gasteiger partial charge in [-0.1, -0.05) is 0 Å². The molecule has 0 atom stereocenters. The second-order valence-corrected chi connectivity index (χ2v) is 4.36. The van der Waals surface area contributed by atoms with Gasteiger partial charge in [0.2, 0.25) is 0 Å². The molecule has 0 radical (unpaired) electrons. The Hall–Kier alpha value is -1.39. The topological polar surface area (TPSA) is 85.0 Å². The van der Waals surface area contributed by atoms with Crippen molar-refractivity contribution in [3.63, 3.8) is 0 Å². The fourth-order valence-electron chi connectivity index (χ4n) is 0.936. The molecule has 0 saturated carbocycles. The lowest BCUT2D eigenvalue weighted by Crippen LogP contribution is -2.09. The van der Waals surface area contributed by atoms with E-state index in [1.807, 2.05) is 6.07 Å². The number of aryl methyl sites for hydroxylation is 1. The fourth-order valence-corrected chi connectivity index (χ4v) is 1.69. The van der Waals surface area contributed by atoms with Crippen molar-refractivity contribution in [2.24, 2.45) is 7.05 Å². The third-order valence-electron chi connectivity index (χ3n) is 1.67. The van der Waals surface area contributed by atoms with Gasteiger partial charge in [-0.25, -0.2) is 0 Å². The van der Waals surface area contributed by atoms with Gasteiger partial charge in [0.15, 0.2) is 5.69 Å². The molecule has 0 aliphatic rings. The Morgan fingerprint density at radius 3 is 2.79 bits per heavy atom. The Morgan fingerprint density at radius 2 is 2.36 bits per heavy atom. The van der Waals surface area contributed by atoms with E-state index in [9.17, 15) is 8.42 Å². The van der Waals surface area contributed by atoms with Crippen LogP contribution in [0.5, 0.6) is 0 Å². The van der Waals surface area contributed by atoms with Crippen LogP contribution in [0.15, 0.2) is 6.07 Å². The maximum Gasteiger partial charge on any atom is 0.272 e. The van der Waals surface area contributed by atoms with Crippen LogP contribution in [0.2, 0.25) is 0 Å². The number of aromatic nitrogens is 2. The first-order valence-electron chi connectivity index (χ1n) is 3.70. The van der Waals surface area contributed by atoms with E-state index in [1.54, 1.807) is 7.05 Å². The first-order valence-corrected chi connectivity index (χ1v) is 5.27. The van der Waals surface area contributed by atoms with Crippen molar-refractivity contribution in [2.75, 3.05) is 7.11 Å². The molecule has 6 nitrogen and oxygen atoms in total. The van der Waals surface area contributed by atoms with Gasteiger partial charge >= 0.3 is 0 Å². The van der Waals surface area contributed by atoms with E-state index in [4.69, 9.17) is 5.26 Å². The molecular weight excluding hydrogens is 206 g/mol. The summed E-state index contributed by atoms with van der Waals surface area (Å²) < 4.78 is 27.8. The molecule has 0 saturated heterocycles. The Kier molecular flexibility index (Phi) is 2.88. The SMILES string of the molecule is COS(=O)(=O)Cc1cc(C#N)nn1C. The van der Waals surface area contributed by atoms with Gasteiger partial charge in [0.25, 0.3) is 10.1 Å². The van der Waals surface area contributed by atoms with E-state index in [2.05, 4.69) is 9.28 Å². The van der Waals surface area contributed by atoms with Crippen LogP contribution in [-0.4, -0.2) is 25.3 Å². The van der Waals surface area contributed by atoms with E-state index in [0.717, 1.165) is 7.11 Å². The van der Waals surface area contributed by atoms with Crippen LogP contribution in [0.3, 0.4) is 0 Å². The summed E-state index contributed by atoms with van der Waals surface area (Å²) in [7, 11) is -0.895. The van der Waals surface area contributed by atoms with Crippen LogP contribution in [0, 0.1) is 11.3 Å². The molecule has 1 rings (SSSR count). The molecule has 7 heteroatoms. The van der Waals surface area contributed by atoms with Crippen molar-refractivity contribution < 1.29 is 12.6 Å². The molecule has 14 heavy (non-hydrogen) atoms. The third kappa shape index (κ3) is 2.31. The predicted octanol–water partition coefficient (Wildman–Crippen LogP) is -0.232. The molecule has 0 aliphatic carbocycles. The van der Waals surface area contributed by atoms with Crippen LogP contribution in [0.4, 0.5) is 0 Å². The molecule has 0 amide bonds. The molecule has 0 fully saturated rings. The summed E-state index contributed by atoms with van der Waals surface area (Å²) in [6, 6.07) is 3.24. The lowest BCUT2D eigenvalue weighted by atomic mass is 10.4. The van der Waals surface area contributed by atoms with Crippen molar-refractivity contribution >= 4 is 10.1 Å². The zero-order valence-electron chi connectivity index (χ0n) is 7.76. The molecule has 0 aromatic carbocycles. The van der Waals surface area contributed by atoms with Crippen LogP contribution < -0.4 is 0 Å². The Bertz CT molecular complexity index is 469. The minimum atomic E-state index is -3.56. The summed E-state index contributed by atoms with van der Waals surface area (Å²) in [4.78, 5) is 0. The number of nitriles is 1. The molecule has 1 aromatic rings. The van der Waals surface area contributed by atoms with Crippen molar-refractivity contribution in [1.82, 2.24) is 9.78 Å². The van der Waals surface area contributed by atoms with Gasteiger partial charge in [-0.3, -0.25) is 8.86 Å². The zero-order valence-corrected chi connectivity index (χ0v) is 8.58. The first kappa shape index (κ1) is 10.7. The zero-order chi connectivity index (χ0) is 10.8. The van der Waals surface area contributed by atoms with Gasteiger partial charge in [0.1, 0.15) is 11.8 Å². The highest BCUT2D eigenvalue weighted by Gasteiger charge is 2.14. The van der Waals surface area contributed by atoms with Gasteiger partial charge in [0, 0.05) is 7.05 Å². The minimum absolute atomic E-state index is 0.189. The first-order chi connectivity index (χ1) is 6.48. The summed E-state index contributed by atoms with van der Waals surface area (Å²) in [5, 5.41) is 12.3. The van der Waals surface area contributed by atoms with Crippen molar-refractivity contribution in [2.45, 2.75) is 5.75 Å². The third-order valence-corrected chi connectivity index (χ3v) is 2.83. The largest absolute Gasteiger partial charge is 0.273 e. The van der Waals surface area contributed by atoms with Crippen molar-refractivity contribution in [3.8, 4) is 6.07 Å². The Balaban J connectivity index is 2.99. The summed E-state index contributed by atoms with van der Waals surface area (Å²) in [6.45, 7) is 0. The summed E-state index contributed by atoms with van der Waals surface area (Å²) in [6.07, 6.45) is 0. The van der Waals surface area contributed by atoms with E-state index in [-0.39, 0.29) is 11.4 Å². The lowest BCUT2D eigenvalue weighted by Gasteiger charge is -2.00. The van der Waals surface area contributed by atoms with E-state index in [1.165, 1.54) is 10.7 Å². The van der Waals surface area contributed by atoms with Crippen LogP contribution in [0.25, 0.3) is 0 Å². The van der Waals surface area contributed by atoms with Gasteiger partial charge in [0.05, 0.1) is 12.8 Å². The van der Waals surface area contributed by atoms with Gasteiger partial charge in [-0.05, 0) is 6.07 Å². The quantitative estimate of drug-likeness (QED) is 0.650. The average Bonchev–Trinajstić information content (AvgIpc) is 2.47. The summed E-state index contributed by atoms with van der Waals surface area (Å²) >= 11 is 0.